The molecule has 9 aromatic rings. The highest BCUT2D eigenvalue weighted by molar-refractivity contribution is 7.99. The summed E-state index contributed by atoms with van der Waals surface area (Å²) in [4.78, 5) is 7.34. The minimum absolute atomic E-state index is 1.06. The van der Waals surface area contributed by atoms with Crippen molar-refractivity contribution in [2.24, 2.45) is 0 Å². The van der Waals surface area contributed by atoms with Crippen LogP contribution in [0.3, 0.4) is 0 Å². The second kappa shape index (κ2) is 9.67. The van der Waals surface area contributed by atoms with Gasteiger partial charge in [-0.25, -0.2) is 0 Å². The molecular formula is C41H24N2S2. The third-order valence-electron chi connectivity index (χ3n) is 9.08. The van der Waals surface area contributed by atoms with E-state index in [-0.39, 0.29) is 0 Å². The molecular weight excluding hydrogens is 585 g/mol. The molecule has 6 aromatic carbocycles. The van der Waals surface area contributed by atoms with Gasteiger partial charge in [0.15, 0.2) is 0 Å². The van der Waals surface area contributed by atoms with Crippen molar-refractivity contribution >= 4 is 65.1 Å². The molecule has 4 heteroatoms. The summed E-state index contributed by atoms with van der Waals surface area (Å²) in [5.41, 5.74) is 10.9. The lowest BCUT2D eigenvalue weighted by molar-refractivity contribution is 1.14. The molecule has 0 unspecified atom stereocenters. The molecule has 0 bridgehead atoms. The minimum atomic E-state index is 1.06. The quantitative estimate of drug-likeness (QED) is 0.194. The molecule has 0 atom stereocenters. The number of fused-ring (bicyclic) bond motifs is 11. The van der Waals surface area contributed by atoms with E-state index in [1.807, 2.05) is 35.5 Å². The van der Waals surface area contributed by atoms with Crippen LogP contribution in [0.15, 0.2) is 156 Å². The van der Waals surface area contributed by atoms with Gasteiger partial charge in [0.2, 0.25) is 0 Å². The zero-order chi connectivity index (χ0) is 29.5. The van der Waals surface area contributed by atoms with Gasteiger partial charge in [-0.15, -0.1) is 11.3 Å². The Hall–Kier alpha value is -5.16. The Balaban J connectivity index is 1.19. The molecule has 0 amide bonds. The lowest BCUT2D eigenvalue weighted by Gasteiger charge is -2.12. The smallest absolute Gasteiger partial charge is 0.0651 e. The van der Waals surface area contributed by atoms with Crippen molar-refractivity contribution in [3.63, 3.8) is 0 Å². The lowest BCUT2D eigenvalue weighted by atomic mass is 9.94. The predicted octanol–water partition coefficient (Wildman–Crippen LogP) is 12.0. The van der Waals surface area contributed by atoms with Gasteiger partial charge in [-0.1, -0.05) is 103 Å². The number of para-hydroxylation sites is 1. The van der Waals surface area contributed by atoms with Gasteiger partial charge in [-0.05, 0) is 70.3 Å². The molecule has 0 fully saturated rings. The monoisotopic (exact) mass is 608 g/mol. The van der Waals surface area contributed by atoms with Crippen molar-refractivity contribution in [2.75, 3.05) is 0 Å². The van der Waals surface area contributed by atoms with Crippen molar-refractivity contribution in [1.29, 1.82) is 0 Å². The minimum Gasteiger partial charge on any atom is -0.308 e. The summed E-state index contributed by atoms with van der Waals surface area (Å²) in [7, 11) is 0. The lowest BCUT2D eigenvalue weighted by Crippen LogP contribution is -1.96. The number of benzene rings is 6. The highest BCUT2D eigenvalue weighted by atomic mass is 32.2. The molecule has 10 rings (SSSR count). The standard InChI is InChI=1S/C41H24N2S2/c1-2-10-29-28(9-1)31-12-4-7-15-38(31)45-41-22-37-34(21-35(29)41)30-11-3-6-14-36(30)43(37)27-19-26(23-42-24-27)25-17-18-33-32-13-5-8-16-39(32)44-40(33)20-25/h1-24H. The van der Waals surface area contributed by atoms with Gasteiger partial charge in [0.1, 0.15) is 0 Å². The highest BCUT2D eigenvalue weighted by Crippen LogP contribution is 2.50. The Morgan fingerprint density at radius 1 is 0.444 bits per heavy atom. The number of hydrogen-bond donors (Lipinski definition) is 0. The summed E-state index contributed by atoms with van der Waals surface area (Å²) >= 11 is 3.72. The first-order valence-corrected chi connectivity index (χ1v) is 16.7. The Morgan fingerprint density at radius 3 is 2.09 bits per heavy atom. The van der Waals surface area contributed by atoms with Gasteiger partial charge < -0.3 is 4.57 Å². The topological polar surface area (TPSA) is 17.8 Å². The van der Waals surface area contributed by atoms with Gasteiger partial charge in [-0.2, -0.15) is 0 Å². The van der Waals surface area contributed by atoms with E-state index < -0.39 is 0 Å². The van der Waals surface area contributed by atoms with Crippen LogP contribution < -0.4 is 0 Å². The van der Waals surface area contributed by atoms with Crippen LogP contribution in [-0.4, -0.2) is 9.55 Å². The molecule has 210 valence electrons. The first-order valence-electron chi connectivity index (χ1n) is 15.1. The van der Waals surface area contributed by atoms with Gasteiger partial charge in [0.05, 0.1) is 22.9 Å². The van der Waals surface area contributed by atoms with Gasteiger partial charge in [-0.3, -0.25) is 4.98 Å². The first kappa shape index (κ1) is 25.2. The fourth-order valence-corrected chi connectivity index (χ4v) is 9.30. The van der Waals surface area contributed by atoms with Crippen LogP contribution in [0, 0.1) is 0 Å². The third kappa shape index (κ3) is 3.80. The molecule has 0 aliphatic carbocycles. The van der Waals surface area contributed by atoms with E-state index in [0.29, 0.717) is 0 Å². The molecule has 0 saturated carbocycles. The normalized spacial score (nSPS) is 12.4. The van der Waals surface area contributed by atoms with E-state index in [1.165, 1.54) is 79.6 Å². The largest absolute Gasteiger partial charge is 0.308 e. The number of nitrogens with zero attached hydrogens (tertiary/aromatic N) is 2. The second-order valence-corrected chi connectivity index (χ2v) is 13.8. The van der Waals surface area contributed by atoms with Crippen molar-refractivity contribution < 1.29 is 0 Å². The van der Waals surface area contributed by atoms with E-state index in [2.05, 4.69) is 138 Å². The first-order chi connectivity index (χ1) is 22.3. The van der Waals surface area contributed by atoms with E-state index >= 15 is 0 Å². The van der Waals surface area contributed by atoms with Crippen LogP contribution in [0.2, 0.25) is 0 Å². The predicted molar refractivity (Wildman–Crippen MR) is 192 cm³/mol. The summed E-state index contributed by atoms with van der Waals surface area (Å²) < 4.78 is 5.02. The maximum atomic E-state index is 4.79. The summed E-state index contributed by atoms with van der Waals surface area (Å²) in [6.45, 7) is 0. The molecule has 0 saturated heterocycles. The Labute approximate surface area is 268 Å². The molecule has 0 radical (unpaired) electrons. The van der Waals surface area contributed by atoms with Crippen LogP contribution in [-0.2, 0) is 0 Å². The number of thiophene rings is 1. The molecule has 0 N–H and O–H groups in total. The summed E-state index contributed by atoms with van der Waals surface area (Å²) in [6.07, 6.45) is 3.98. The maximum absolute atomic E-state index is 4.79. The molecule has 1 aliphatic heterocycles. The van der Waals surface area contributed by atoms with Crippen molar-refractivity contribution in [1.82, 2.24) is 9.55 Å². The molecule has 3 aromatic heterocycles. The molecule has 0 spiro atoms. The number of aromatic nitrogens is 2. The highest BCUT2D eigenvalue weighted by Gasteiger charge is 2.23. The zero-order valence-electron chi connectivity index (χ0n) is 24.1. The third-order valence-corrected chi connectivity index (χ3v) is 11.3. The number of hydrogen-bond acceptors (Lipinski definition) is 3. The average molecular weight is 609 g/mol. The maximum Gasteiger partial charge on any atom is 0.0651 e. The van der Waals surface area contributed by atoms with Gasteiger partial charge in [0, 0.05) is 52.5 Å². The van der Waals surface area contributed by atoms with E-state index in [9.17, 15) is 0 Å². The van der Waals surface area contributed by atoms with Gasteiger partial charge in [0.25, 0.3) is 0 Å². The summed E-state index contributed by atoms with van der Waals surface area (Å²) in [5, 5.41) is 5.13. The Bertz CT molecular complexity index is 2640. The second-order valence-electron chi connectivity index (χ2n) is 11.6. The van der Waals surface area contributed by atoms with Crippen LogP contribution >= 0.6 is 23.1 Å². The van der Waals surface area contributed by atoms with E-state index in [4.69, 9.17) is 4.98 Å². The Morgan fingerprint density at radius 2 is 1.18 bits per heavy atom. The van der Waals surface area contributed by atoms with E-state index in [0.717, 1.165) is 11.3 Å². The van der Waals surface area contributed by atoms with Crippen molar-refractivity contribution in [3.8, 4) is 39.1 Å². The molecule has 45 heavy (non-hydrogen) atoms. The fraction of sp³-hybridized carbons (Fsp3) is 0. The SMILES string of the molecule is c1ccc2c(c1)Sc1cc3c(cc1-c1ccccc1-2)c1ccccc1n3-c1cncc(-c2ccc3c(c2)sc2ccccc23)c1. The summed E-state index contributed by atoms with van der Waals surface area (Å²) in [6, 6.07) is 48.9. The zero-order valence-corrected chi connectivity index (χ0v) is 25.7. The average Bonchev–Trinajstić information content (AvgIpc) is 3.58. The van der Waals surface area contributed by atoms with Crippen LogP contribution in [0.5, 0.6) is 0 Å². The van der Waals surface area contributed by atoms with Crippen LogP contribution in [0.1, 0.15) is 0 Å². The fourth-order valence-electron chi connectivity index (χ4n) is 7.03. The van der Waals surface area contributed by atoms with Crippen molar-refractivity contribution in [3.05, 3.63) is 146 Å². The van der Waals surface area contributed by atoms with Gasteiger partial charge >= 0.3 is 0 Å². The Kier molecular flexibility index (Phi) is 5.41. The molecule has 4 heterocycles. The van der Waals surface area contributed by atoms with Crippen LogP contribution in [0.25, 0.3) is 81.0 Å². The van der Waals surface area contributed by atoms with E-state index in [1.54, 1.807) is 0 Å². The van der Waals surface area contributed by atoms with Crippen LogP contribution in [0.4, 0.5) is 0 Å². The molecule has 2 nitrogen and oxygen atoms in total. The molecule has 1 aliphatic rings. The van der Waals surface area contributed by atoms with Crippen molar-refractivity contribution in [2.45, 2.75) is 9.79 Å². The summed E-state index contributed by atoms with van der Waals surface area (Å²) in [5.74, 6) is 0. The number of rotatable bonds is 2. The number of pyridine rings is 1.